The molecule has 4 nitrogen and oxygen atoms in total. The molecule has 16 heavy (non-hydrogen) atoms. The first kappa shape index (κ1) is 9.23. The molecular weight excluding hydrogens is 222 g/mol. The molecule has 0 radical (unpaired) electrons. The fourth-order valence-electron chi connectivity index (χ4n) is 1.58. The highest BCUT2D eigenvalue weighted by molar-refractivity contribution is 7.15. The van der Waals surface area contributed by atoms with Crippen LogP contribution in [0.15, 0.2) is 36.1 Å². The third kappa shape index (κ3) is 1.33. The van der Waals surface area contributed by atoms with Crippen LogP contribution in [-0.2, 0) is 0 Å². The lowest BCUT2D eigenvalue weighted by molar-refractivity contribution is 0.111. The number of aldehydes is 1. The number of rotatable bonds is 2. The summed E-state index contributed by atoms with van der Waals surface area (Å²) in [5, 5.41) is 2.01. The van der Waals surface area contributed by atoms with Gasteiger partial charge < -0.3 is 0 Å². The Morgan fingerprint density at radius 3 is 3.12 bits per heavy atom. The molecule has 0 bridgehead atoms. The van der Waals surface area contributed by atoms with Crippen LogP contribution in [0, 0.1) is 0 Å². The van der Waals surface area contributed by atoms with Gasteiger partial charge in [-0.25, -0.2) is 4.98 Å². The quantitative estimate of drug-likeness (QED) is 0.633. The van der Waals surface area contributed by atoms with Crippen LogP contribution in [0.3, 0.4) is 0 Å². The Hall–Kier alpha value is -2.01. The van der Waals surface area contributed by atoms with E-state index in [1.807, 2.05) is 21.9 Å². The molecule has 0 atom stereocenters. The maximum Gasteiger partial charge on any atom is 0.194 e. The van der Waals surface area contributed by atoms with Crippen molar-refractivity contribution in [2.24, 2.45) is 0 Å². The van der Waals surface area contributed by atoms with Gasteiger partial charge in [-0.3, -0.25) is 14.2 Å². The first-order valence-electron chi connectivity index (χ1n) is 4.70. The monoisotopic (exact) mass is 229 g/mol. The smallest absolute Gasteiger partial charge is 0.194 e. The van der Waals surface area contributed by atoms with Gasteiger partial charge in [-0.05, 0) is 12.1 Å². The lowest BCUT2D eigenvalue weighted by Gasteiger charge is -1.97. The number of nitrogens with zero attached hydrogens (tertiary/aromatic N) is 3. The molecule has 3 heterocycles. The molecule has 0 aliphatic rings. The molecular formula is C11H7N3OS. The molecule has 0 aliphatic heterocycles. The molecule has 3 rings (SSSR count). The van der Waals surface area contributed by atoms with Gasteiger partial charge in [-0.15, -0.1) is 11.3 Å². The summed E-state index contributed by atoms with van der Waals surface area (Å²) >= 11 is 1.51. The van der Waals surface area contributed by atoms with Crippen LogP contribution in [-0.4, -0.2) is 20.7 Å². The molecule has 0 unspecified atom stereocenters. The SMILES string of the molecule is O=Cc1cn2c(-c3cccnc3)csc2n1. The second-order valence-corrected chi connectivity index (χ2v) is 4.14. The van der Waals surface area contributed by atoms with E-state index in [4.69, 9.17) is 0 Å². The normalized spacial score (nSPS) is 10.8. The fraction of sp³-hybridized carbons (Fsp3) is 0. The highest BCUT2D eigenvalue weighted by Crippen LogP contribution is 2.25. The molecule has 0 fully saturated rings. The molecule has 5 heteroatoms. The predicted molar refractivity (Wildman–Crippen MR) is 61.7 cm³/mol. The second kappa shape index (κ2) is 3.53. The lowest BCUT2D eigenvalue weighted by Crippen LogP contribution is -1.84. The number of hydrogen-bond donors (Lipinski definition) is 0. The molecule has 0 saturated heterocycles. The van der Waals surface area contributed by atoms with Gasteiger partial charge in [0.05, 0.1) is 5.69 Å². The Labute approximate surface area is 95.2 Å². The largest absolute Gasteiger partial charge is 0.296 e. The predicted octanol–water partition coefficient (Wildman–Crippen LogP) is 2.27. The minimum Gasteiger partial charge on any atom is -0.296 e. The molecule has 0 saturated carbocycles. The van der Waals surface area contributed by atoms with Crippen LogP contribution in [0.25, 0.3) is 16.2 Å². The number of fused-ring (bicyclic) bond motifs is 1. The Kier molecular flexibility index (Phi) is 2.04. The van der Waals surface area contributed by atoms with E-state index < -0.39 is 0 Å². The summed E-state index contributed by atoms with van der Waals surface area (Å²) < 4.78 is 1.91. The fourth-order valence-corrected chi connectivity index (χ4v) is 2.47. The molecule has 0 amide bonds. The summed E-state index contributed by atoms with van der Waals surface area (Å²) in [4.78, 5) is 19.7. The first-order valence-corrected chi connectivity index (χ1v) is 5.58. The van der Waals surface area contributed by atoms with E-state index in [0.29, 0.717) is 5.69 Å². The minimum absolute atomic E-state index is 0.456. The topological polar surface area (TPSA) is 47.3 Å². The average Bonchev–Trinajstić information content (AvgIpc) is 2.88. The zero-order valence-electron chi connectivity index (χ0n) is 8.20. The summed E-state index contributed by atoms with van der Waals surface area (Å²) in [6.45, 7) is 0. The van der Waals surface area contributed by atoms with Gasteiger partial charge in [-0.1, -0.05) is 0 Å². The van der Waals surface area contributed by atoms with Crippen molar-refractivity contribution in [3.8, 4) is 11.3 Å². The van der Waals surface area contributed by atoms with Crippen LogP contribution in [0.2, 0.25) is 0 Å². The highest BCUT2D eigenvalue weighted by atomic mass is 32.1. The molecule has 0 aliphatic carbocycles. The molecule has 3 aromatic rings. The Morgan fingerprint density at radius 1 is 1.44 bits per heavy atom. The lowest BCUT2D eigenvalue weighted by atomic mass is 10.2. The first-order chi connectivity index (χ1) is 7.88. The molecule has 0 N–H and O–H groups in total. The standard InChI is InChI=1S/C11H7N3OS/c15-6-9-5-14-10(7-16-11(14)13-9)8-2-1-3-12-4-8/h1-7H. The van der Waals surface area contributed by atoms with E-state index in [9.17, 15) is 4.79 Å². The zero-order valence-corrected chi connectivity index (χ0v) is 9.02. The Bertz CT molecular complexity index is 642. The van der Waals surface area contributed by atoms with Gasteiger partial charge in [0.2, 0.25) is 0 Å². The zero-order chi connectivity index (χ0) is 11.0. The van der Waals surface area contributed by atoms with Gasteiger partial charge in [0.15, 0.2) is 11.2 Å². The van der Waals surface area contributed by atoms with Gasteiger partial charge in [0.1, 0.15) is 5.69 Å². The summed E-state index contributed by atoms with van der Waals surface area (Å²) in [6.07, 6.45) is 6.02. The molecule has 0 spiro atoms. The van der Waals surface area contributed by atoms with Gasteiger partial charge in [0, 0.05) is 29.5 Å². The van der Waals surface area contributed by atoms with E-state index in [1.54, 1.807) is 18.6 Å². The van der Waals surface area contributed by atoms with Crippen molar-refractivity contribution in [1.29, 1.82) is 0 Å². The van der Waals surface area contributed by atoms with Gasteiger partial charge in [0.25, 0.3) is 0 Å². The van der Waals surface area contributed by atoms with Crippen LogP contribution in [0.1, 0.15) is 10.5 Å². The van der Waals surface area contributed by atoms with Crippen molar-refractivity contribution in [2.45, 2.75) is 0 Å². The van der Waals surface area contributed by atoms with Crippen molar-refractivity contribution in [2.75, 3.05) is 0 Å². The summed E-state index contributed by atoms with van der Waals surface area (Å²) in [5.74, 6) is 0. The molecule has 0 aromatic carbocycles. The van der Waals surface area contributed by atoms with Crippen LogP contribution in [0.4, 0.5) is 0 Å². The second-order valence-electron chi connectivity index (χ2n) is 3.30. The summed E-state index contributed by atoms with van der Waals surface area (Å²) in [6, 6.07) is 3.87. The third-order valence-corrected chi connectivity index (χ3v) is 3.15. The number of thiazole rings is 1. The van der Waals surface area contributed by atoms with Crippen molar-refractivity contribution in [1.82, 2.24) is 14.4 Å². The molecule has 78 valence electrons. The average molecular weight is 229 g/mol. The van der Waals surface area contributed by atoms with E-state index in [-0.39, 0.29) is 0 Å². The van der Waals surface area contributed by atoms with Gasteiger partial charge in [-0.2, -0.15) is 0 Å². The maximum absolute atomic E-state index is 10.6. The van der Waals surface area contributed by atoms with E-state index in [0.717, 1.165) is 22.5 Å². The summed E-state index contributed by atoms with van der Waals surface area (Å²) in [5.41, 5.74) is 2.48. The number of pyridine rings is 1. The Morgan fingerprint density at radius 2 is 2.38 bits per heavy atom. The number of aromatic nitrogens is 3. The number of carbonyl (C=O) groups is 1. The van der Waals surface area contributed by atoms with Gasteiger partial charge >= 0.3 is 0 Å². The summed E-state index contributed by atoms with van der Waals surface area (Å²) in [7, 11) is 0. The van der Waals surface area contributed by atoms with E-state index >= 15 is 0 Å². The molecule has 3 aromatic heterocycles. The Balaban J connectivity index is 2.24. The number of carbonyl (C=O) groups excluding carboxylic acids is 1. The number of hydrogen-bond acceptors (Lipinski definition) is 4. The van der Waals surface area contributed by atoms with Crippen LogP contribution in [0.5, 0.6) is 0 Å². The minimum atomic E-state index is 0.456. The third-order valence-electron chi connectivity index (χ3n) is 2.31. The van der Waals surface area contributed by atoms with Crippen molar-refractivity contribution < 1.29 is 4.79 Å². The van der Waals surface area contributed by atoms with Crippen molar-refractivity contribution in [3.05, 3.63) is 41.8 Å². The highest BCUT2D eigenvalue weighted by Gasteiger charge is 2.08. The van der Waals surface area contributed by atoms with Crippen LogP contribution < -0.4 is 0 Å². The van der Waals surface area contributed by atoms with Crippen LogP contribution >= 0.6 is 11.3 Å². The van der Waals surface area contributed by atoms with E-state index in [1.165, 1.54) is 11.3 Å². The van der Waals surface area contributed by atoms with Crippen molar-refractivity contribution in [3.63, 3.8) is 0 Å². The van der Waals surface area contributed by atoms with Crippen molar-refractivity contribution >= 4 is 22.6 Å². The van der Waals surface area contributed by atoms with E-state index in [2.05, 4.69) is 9.97 Å². The number of imidazole rings is 1. The maximum atomic E-state index is 10.6.